The van der Waals surface area contributed by atoms with E-state index in [9.17, 15) is 14.9 Å². The van der Waals surface area contributed by atoms with Gasteiger partial charge >= 0.3 is 0 Å². The van der Waals surface area contributed by atoms with Crippen molar-refractivity contribution < 1.29 is 9.72 Å². The van der Waals surface area contributed by atoms with Crippen LogP contribution in [0.2, 0.25) is 5.02 Å². The van der Waals surface area contributed by atoms with Crippen LogP contribution in [0.5, 0.6) is 0 Å². The molecule has 1 N–H and O–H groups in total. The van der Waals surface area contributed by atoms with Crippen LogP contribution >= 0.6 is 11.6 Å². The van der Waals surface area contributed by atoms with Crippen LogP contribution in [0.15, 0.2) is 36.4 Å². The Bertz CT molecular complexity index is 940. The van der Waals surface area contributed by atoms with Gasteiger partial charge in [0.15, 0.2) is 0 Å². The van der Waals surface area contributed by atoms with E-state index in [4.69, 9.17) is 11.6 Å². The third kappa shape index (κ3) is 3.04. The number of halogens is 1. The van der Waals surface area contributed by atoms with Crippen LogP contribution in [0.1, 0.15) is 15.9 Å². The van der Waals surface area contributed by atoms with E-state index in [1.165, 1.54) is 23.1 Å². The zero-order valence-electron chi connectivity index (χ0n) is 12.6. The molecule has 122 valence electrons. The van der Waals surface area contributed by atoms with Crippen LogP contribution in [0.25, 0.3) is 11.0 Å². The molecule has 1 aromatic heterocycles. The first kappa shape index (κ1) is 15.9. The van der Waals surface area contributed by atoms with E-state index in [2.05, 4.69) is 15.4 Å². The minimum Gasteiger partial charge on any atom is -0.337 e. The predicted molar refractivity (Wildman–Crippen MR) is 87.8 cm³/mol. The Morgan fingerprint density at radius 1 is 1.25 bits per heavy atom. The smallest absolute Gasteiger partial charge is 0.269 e. The minimum atomic E-state index is -0.500. The molecule has 0 saturated heterocycles. The third-order valence-electron chi connectivity index (χ3n) is 3.56. The van der Waals surface area contributed by atoms with Crippen molar-refractivity contribution in [3.63, 3.8) is 0 Å². The molecule has 0 spiro atoms. The van der Waals surface area contributed by atoms with Crippen molar-refractivity contribution in [1.29, 1.82) is 0 Å². The summed E-state index contributed by atoms with van der Waals surface area (Å²) in [5, 5.41) is 21.6. The molecule has 0 aliphatic rings. The fourth-order valence-corrected chi connectivity index (χ4v) is 2.49. The lowest BCUT2D eigenvalue weighted by Crippen LogP contribution is -2.26. The lowest BCUT2D eigenvalue weighted by atomic mass is 10.1. The SMILES string of the molecule is CN(Cc1cc([N+](=O)[O-])ccc1Cl)C(=O)c1ccc2n[nH]nc2c1. The molecule has 1 amide bonds. The number of H-pyrrole nitrogens is 1. The predicted octanol–water partition coefficient (Wildman–Crippen LogP) is 2.79. The molecule has 0 atom stereocenters. The number of amides is 1. The summed E-state index contributed by atoms with van der Waals surface area (Å²) in [6.07, 6.45) is 0. The molecule has 1 heterocycles. The largest absolute Gasteiger partial charge is 0.337 e. The van der Waals surface area contributed by atoms with Crippen LogP contribution < -0.4 is 0 Å². The van der Waals surface area contributed by atoms with Crippen molar-refractivity contribution in [2.45, 2.75) is 6.54 Å². The van der Waals surface area contributed by atoms with Crippen LogP contribution in [0, 0.1) is 10.1 Å². The summed E-state index contributed by atoms with van der Waals surface area (Å²) in [4.78, 5) is 24.3. The molecule has 0 bridgehead atoms. The molecule has 2 aromatic carbocycles. The Morgan fingerprint density at radius 2 is 2.00 bits per heavy atom. The molecule has 3 aromatic rings. The summed E-state index contributed by atoms with van der Waals surface area (Å²) in [6, 6.07) is 9.12. The minimum absolute atomic E-state index is 0.0701. The second-order valence-electron chi connectivity index (χ2n) is 5.22. The third-order valence-corrected chi connectivity index (χ3v) is 3.93. The highest BCUT2D eigenvalue weighted by Crippen LogP contribution is 2.23. The molecule has 0 unspecified atom stereocenters. The van der Waals surface area contributed by atoms with Crippen molar-refractivity contribution in [3.8, 4) is 0 Å². The highest BCUT2D eigenvalue weighted by atomic mass is 35.5. The topological polar surface area (TPSA) is 105 Å². The standard InChI is InChI=1S/C15H12ClN5O3/c1-20(8-10-6-11(21(23)24)3-4-12(10)16)15(22)9-2-5-13-14(7-9)18-19-17-13/h2-7H,8H2,1H3,(H,17,18,19). The maximum absolute atomic E-state index is 12.5. The quantitative estimate of drug-likeness (QED) is 0.578. The average Bonchev–Trinajstić information content (AvgIpc) is 3.03. The number of fused-ring (bicyclic) bond motifs is 1. The number of hydrogen-bond donors (Lipinski definition) is 1. The Kier molecular flexibility index (Phi) is 4.13. The van der Waals surface area contributed by atoms with Gasteiger partial charge in [-0.25, -0.2) is 0 Å². The van der Waals surface area contributed by atoms with Gasteiger partial charge in [0.1, 0.15) is 11.0 Å². The number of carbonyl (C=O) groups is 1. The molecule has 0 aliphatic carbocycles. The van der Waals surface area contributed by atoms with Gasteiger partial charge in [-0.2, -0.15) is 15.4 Å². The summed E-state index contributed by atoms with van der Waals surface area (Å²) in [5.41, 5.74) is 2.13. The van der Waals surface area contributed by atoms with Gasteiger partial charge in [0.2, 0.25) is 0 Å². The Balaban J connectivity index is 1.83. The number of nitro benzene ring substituents is 1. The zero-order valence-corrected chi connectivity index (χ0v) is 13.3. The lowest BCUT2D eigenvalue weighted by Gasteiger charge is -2.18. The average molecular weight is 346 g/mol. The van der Waals surface area contributed by atoms with Gasteiger partial charge in [-0.3, -0.25) is 14.9 Å². The maximum Gasteiger partial charge on any atom is 0.269 e. The molecular formula is C15H12ClN5O3. The molecule has 8 nitrogen and oxygen atoms in total. The van der Waals surface area contributed by atoms with Crippen LogP contribution in [-0.4, -0.2) is 38.2 Å². The van der Waals surface area contributed by atoms with Crippen LogP contribution in [0.3, 0.4) is 0 Å². The highest BCUT2D eigenvalue weighted by Gasteiger charge is 2.16. The van der Waals surface area contributed by atoms with E-state index >= 15 is 0 Å². The summed E-state index contributed by atoms with van der Waals surface area (Å²) >= 11 is 6.08. The summed E-state index contributed by atoms with van der Waals surface area (Å²) in [6.45, 7) is 0.149. The van der Waals surface area contributed by atoms with E-state index in [1.807, 2.05) is 0 Å². The second-order valence-corrected chi connectivity index (χ2v) is 5.63. The van der Waals surface area contributed by atoms with Crippen molar-refractivity contribution in [3.05, 3.63) is 62.7 Å². The van der Waals surface area contributed by atoms with Gasteiger partial charge in [-0.05, 0) is 29.8 Å². The first-order valence-corrected chi connectivity index (χ1v) is 7.32. The highest BCUT2D eigenvalue weighted by molar-refractivity contribution is 6.31. The number of nitro groups is 1. The molecule has 24 heavy (non-hydrogen) atoms. The molecule has 0 fully saturated rings. The maximum atomic E-state index is 12.5. The van der Waals surface area contributed by atoms with Crippen molar-refractivity contribution in [2.75, 3.05) is 7.05 Å². The van der Waals surface area contributed by atoms with Gasteiger partial charge in [-0.1, -0.05) is 11.6 Å². The van der Waals surface area contributed by atoms with Crippen molar-refractivity contribution in [1.82, 2.24) is 20.3 Å². The van der Waals surface area contributed by atoms with Crippen molar-refractivity contribution >= 4 is 34.2 Å². The van der Waals surface area contributed by atoms with Crippen LogP contribution in [-0.2, 0) is 6.54 Å². The lowest BCUT2D eigenvalue weighted by molar-refractivity contribution is -0.384. The number of nitrogens with one attached hydrogen (secondary N) is 1. The fraction of sp³-hybridized carbons (Fsp3) is 0.133. The van der Waals surface area contributed by atoms with Gasteiger partial charge in [0.05, 0.1) is 4.92 Å². The number of rotatable bonds is 4. The summed E-state index contributed by atoms with van der Waals surface area (Å²) in [5.74, 6) is -0.248. The van der Waals surface area contributed by atoms with Gasteiger partial charge in [-0.15, -0.1) is 0 Å². The number of non-ortho nitro benzene ring substituents is 1. The Labute approximate surface area is 141 Å². The number of nitrogens with zero attached hydrogens (tertiary/aromatic N) is 4. The van der Waals surface area contributed by atoms with E-state index in [0.717, 1.165) is 0 Å². The number of carbonyl (C=O) groups excluding carboxylic acids is 1. The zero-order chi connectivity index (χ0) is 17.3. The Morgan fingerprint density at radius 3 is 2.75 bits per heavy atom. The molecule has 0 aliphatic heterocycles. The monoisotopic (exact) mass is 345 g/mol. The number of aromatic amines is 1. The fourth-order valence-electron chi connectivity index (χ4n) is 2.32. The molecular weight excluding hydrogens is 334 g/mol. The summed E-state index contributed by atoms with van der Waals surface area (Å²) < 4.78 is 0. The number of hydrogen-bond acceptors (Lipinski definition) is 5. The van der Waals surface area contributed by atoms with E-state index in [0.29, 0.717) is 27.2 Å². The van der Waals surface area contributed by atoms with Gasteiger partial charge in [0, 0.05) is 36.3 Å². The second kappa shape index (κ2) is 6.25. The number of aromatic nitrogens is 3. The van der Waals surface area contributed by atoms with E-state index in [-0.39, 0.29) is 18.1 Å². The van der Waals surface area contributed by atoms with E-state index < -0.39 is 4.92 Å². The van der Waals surface area contributed by atoms with Gasteiger partial charge < -0.3 is 4.90 Å². The number of benzene rings is 2. The molecule has 9 heteroatoms. The first-order chi connectivity index (χ1) is 11.5. The molecule has 0 radical (unpaired) electrons. The normalized spacial score (nSPS) is 10.8. The van der Waals surface area contributed by atoms with E-state index in [1.54, 1.807) is 25.2 Å². The van der Waals surface area contributed by atoms with Gasteiger partial charge in [0.25, 0.3) is 11.6 Å². The van der Waals surface area contributed by atoms with Crippen LogP contribution in [0.4, 0.5) is 5.69 Å². The van der Waals surface area contributed by atoms with Crippen molar-refractivity contribution in [2.24, 2.45) is 0 Å². The summed E-state index contributed by atoms with van der Waals surface area (Å²) in [7, 11) is 1.60. The molecule has 3 rings (SSSR count). The first-order valence-electron chi connectivity index (χ1n) is 6.94. The molecule has 0 saturated carbocycles. The Hall–Kier alpha value is -3.00.